The number of thiophene rings is 2. The highest BCUT2D eigenvalue weighted by atomic mass is 32.1. The monoisotopic (exact) mass is 765 g/mol. The van der Waals surface area contributed by atoms with Crippen LogP contribution in [0.2, 0.25) is 0 Å². The largest absolute Gasteiger partial charge is 0.452 e. The Morgan fingerprint density at radius 3 is 1.68 bits per heavy atom. The van der Waals surface area contributed by atoms with Crippen molar-refractivity contribution in [3.05, 3.63) is 164 Å². The average molecular weight is 766 g/mol. The Bertz CT molecular complexity index is 3540. The molecule has 6 nitrogen and oxygen atoms in total. The van der Waals surface area contributed by atoms with Crippen LogP contribution in [-0.2, 0) is 0 Å². The van der Waals surface area contributed by atoms with Gasteiger partial charge in [-0.25, -0.2) is 24.9 Å². The normalized spacial score (nSPS) is 11.9. The summed E-state index contributed by atoms with van der Waals surface area (Å²) in [7, 11) is 0. The van der Waals surface area contributed by atoms with Gasteiger partial charge in [0.15, 0.2) is 28.9 Å². The molecule has 12 rings (SSSR count). The molecule has 0 spiro atoms. The Balaban J connectivity index is 1.04. The molecule has 0 fully saturated rings. The van der Waals surface area contributed by atoms with E-state index in [-0.39, 0.29) is 0 Å². The van der Waals surface area contributed by atoms with Gasteiger partial charge < -0.3 is 4.42 Å². The molecule has 0 aliphatic carbocycles. The minimum atomic E-state index is 0.629. The highest BCUT2D eigenvalue weighted by Gasteiger charge is 2.21. The number of hydrogen-bond donors (Lipinski definition) is 0. The third kappa shape index (κ3) is 5.19. The fourth-order valence-electron chi connectivity index (χ4n) is 7.88. The van der Waals surface area contributed by atoms with E-state index in [4.69, 9.17) is 29.3 Å². The summed E-state index contributed by atoms with van der Waals surface area (Å²) in [5, 5.41) is 5.73. The number of fused-ring (bicyclic) bond motifs is 9. The fourth-order valence-corrected chi connectivity index (χ4v) is 10.3. The van der Waals surface area contributed by atoms with E-state index in [2.05, 4.69) is 109 Å². The van der Waals surface area contributed by atoms with E-state index in [1.807, 2.05) is 54.6 Å². The van der Waals surface area contributed by atoms with E-state index in [1.165, 1.54) is 20.2 Å². The molecule has 12 aromatic rings. The van der Waals surface area contributed by atoms with Crippen LogP contribution in [0.5, 0.6) is 0 Å². The van der Waals surface area contributed by atoms with Gasteiger partial charge in [-0.2, -0.15) is 0 Å². The number of aromatic nitrogens is 5. The summed E-state index contributed by atoms with van der Waals surface area (Å²) < 4.78 is 11.0. The quantitative estimate of drug-likeness (QED) is 0.174. The zero-order valence-corrected chi connectivity index (χ0v) is 31.7. The number of furan rings is 1. The van der Waals surface area contributed by atoms with Crippen LogP contribution in [0.3, 0.4) is 0 Å². The van der Waals surface area contributed by atoms with Crippen molar-refractivity contribution >= 4 is 85.1 Å². The summed E-state index contributed by atoms with van der Waals surface area (Å²) in [6, 6.07) is 56.3. The molecular weight excluding hydrogens is 739 g/mol. The van der Waals surface area contributed by atoms with E-state index >= 15 is 0 Å². The van der Waals surface area contributed by atoms with Crippen molar-refractivity contribution in [2.24, 2.45) is 0 Å². The molecule has 0 saturated carbocycles. The second kappa shape index (κ2) is 12.7. The van der Waals surface area contributed by atoms with E-state index in [1.54, 1.807) is 22.7 Å². The Morgan fingerprint density at radius 1 is 0.368 bits per heavy atom. The Hall–Kier alpha value is -7.13. The van der Waals surface area contributed by atoms with Gasteiger partial charge in [0.1, 0.15) is 16.8 Å². The summed E-state index contributed by atoms with van der Waals surface area (Å²) in [6.07, 6.45) is 0. The molecule has 0 saturated heterocycles. The highest BCUT2D eigenvalue weighted by molar-refractivity contribution is 7.26. The molecule has 0 radical (unpaired) electrons. The maximum Gasteiger partial charge on any atom is 0.180 e. The van der Waals surface area contributed by atoms with Crippen molar-refractivity contribution in [3.63, 3.8) is 0 Å². The summed E-state index contributed by atoms with van der Waals surface area (Å²) in [5.41, 5.74) is 7.89. The van der Waals surface area contributed by atoms with Crippen molar-refractivity contribution in [1.29, 1.82) is 0 Å². The van der Waals surface area contributed by atoms with Gasteiger partial charge in [0.25, 0.3) is 0 Å². The highest BCUT2D eigenvalue weighted by Crippen LogP contribution is 2.43. The number of para-hydroxylation sites is 1. The van der Waals surface area contributed by atoms with Gasteiger partial charge in [-0.15, -0.1) is 22.7 Å². The Morgan fingerprint density at radius 2 is 0.930 bits per heavy atom. The minimum absolute atomic E-state index is 0.629. The first-order valence-electron chi connectivity index (χ1n) is 18.7. The molecule has 0 aliphatic heterocycles. The summed E-state index contributed by atoms with van der Waals surface area (Å²) in [4.78, 5) is 25.8. The SMILES string of the molecule is c1ccc(-c2nc(-c3ccc4c(c3)sc3c(-c5nc(-c6ccccc6)c6oc7ccccc7c6n5)cccc34)nc(-c3cccc4c3sc3ccccc34)n2)cc1. The summed E-state index contributed by atoms with van der Waals surface area (Å²) in [6.45, 7) is 0. The standard InChI is InChI=1S/C49H27N5OS2/c1-3-13-28(14-4-1)41-43-42(35-18-7-9-23-38(35)55-43)51-48(50-41)36-21-12-20-34-32-26-25-30(27-40(32)57-45(34)36)47-52-46(29-15-5-2-6-16-29)53-49(54-47)37-22-11-19-33-31-17-8-10-24-39(31)56-44(33)37/h1-27H. The van der Waals surface area contributed by atoms with Crippen LogP contribution >= 0.6 is 22.7 Å². The van der Waals surface area contributed by atoms with Crippen molar-refractivity contribution in [2.75, 3.05) is 0 Å². The molecule has 5 aromatic heterocycles. The summed E-state index contributed by atoms with van der Waals surface area (Å²) >= 11 is 3.51. The fraction of sp³-hybridized carbons (Fsp3) is 0. The molecule has 266 valence electrons. The van der Waals surface area contributed by atoms with Gasteiger partial charge >= 0.3 is 0 Å². The van der Waals surface area contributed by atoms with Crippen LogP contribution in [0, 0.1) is 0 Å². The van der Waals surface area contributed by atoms with Gasteiger partial charge in [0, 0.05) is 73.5 Å². The average Bonchev–Trinajstić information content (AvgIpc) is 3.97. The zero-order chi connectivity index (χ0) is 37.5. The number of benzene rings is 7. The van der Waals surface area contributed by atoms with Crippen LogP contribution in [0.15, 0.2) is 168 Å². The van der Waals surface area contributed by atoms with Crippen LogP contribution < -0.4 is 0 Å². The van der Waals surface area contributed by atoms with Gasteiger partial charge in [-0.3, -0.25) is 0 Å². The van der Waals surface area contributed by atoms with Crippen LogP contribution in [0.4, 0.5) is 0 Å². The molecule has 8 heteroatoms. The lowest BCUT2D eigenvalue weighted by molar-refractivity contribution is 0.667. The first-order valence-corrected chi connectivity index (χ1v) is 20.3. The molecule has 57 heavy (non-hydrogen) atoms. The van der Waals surface area contributed by atoms with Gasteiger partial charge in [-0.05, 0) is 36.4 Å². The smallest absolute Gasteiger partial charge is 0.180 e. The molecule has 0 N–H and O–H groups in total. The van der Waals surface area contributed by atoms with Crippen LogP contribution in [0.25, 0.3) is 119 Å². The third-order valence-electron chi connectivity index (χ3n) is 10.6. The summed E-state index contributed by atoms with van der Waals surface area (Å²) in [5.74, 6) is 2.59. The van der Waals surface area contributed by atoms with Gasteiger partial charge in [-0.1, -0.05) is 127 Å². The zero-order valence-electron chi connectivity index (χ0n) is 30.0. The molecule has 0 amide bonds. The van der Waals surface area contributed by atoms with E-state index in [9.17, 15) is 0 Å². The maximum absolute atomic E-state index is 6.39. The third-order valence-corrected chi connectivity index (χ3v) is 13.0. The van der Waals surface area contributed by atoms with E-state index < -0.39 is 0 Å². The maximum atomic E-state index is 6.39. The minimum Gasteiger partial charge on any atom is -0.452 e. The van der Waals surface area contributed by atoms with Gasteiger partial charge in [0.05, 0.1) is 0 Å². The number of nitrogens with zero attached hydrogens (tertiary/aromatic N) is 5. The predicted octanol–water partition coefficient (Wildman–Crippen LogP) is 13.6. The topological polar surface area (TPSA) is 77.6 Å². The molecule has 0 atom stereocenters. The lowest BCUT2D eigenvalue weighted by atomic mass is 10.1. The van der Waals surface area contributed by atoms with Crippen molar-refractivity contribution in [1.82, 2.24) is 24.9 Å². The number of hydrogen-bond acceptors (Lipinski definition) is 8. The molecule has 7 aromatic carbocycles. The molecule has 0 aliphatic rings. The Labute approximate surface area is 333 Å². The molecule has 5 heterocycles. The van der Waals surface area contributed by atoms with E-state index in [0.717, 1.165) is 70.2 Å². The van der Waals surface area contributed by atoms with Crippen molar-refractivity contribution < 1.29 is 4.42 Å². The van der Waals surface area contributed by atoms with E-state index in [0.29, 0.717) is 28.9 Å². The van der Waals surface area contributed by atoms with Crippen LogP contribution in [-0.4, -0.2) is 24.9 Å². The number of rotatable bonds is 5. The second-order valence-electron chi connectivity index (χ2n) is 14.0. The first kappa shape index (κ1) is 32.1. The van der Waals surface area contributed by atoms with Gasteiger partial charge in [0.2, 0.25) is 0 Å². The molecule has 0 bridgehead atoms. The Kier molecular flexibility index (Phi) is 7.17. The molecular formula is C49H27N5OS2. The van der Waals surface area contributed by atoms with Crippen molar-refractivity contribution in [2.45, 2.75) is 0 Å². The lowest BCUT2D eigenvalue weighted by Gasteiger charge is -2.09. The predicted molar refractivity (Wildman–Crippen MR) is 236 cm³/mol. The van der Waals surface area contributed by atoms with Crippen molar-refractivity contribution in [3.8, 4) is 56.8 Å². The first-order chi connectivity index (χ1) is 28.2. The second-order valence-corrected chi connectivity index (χ2v) is 16.1. The lowest BCUT2D eigenvalue weighted by Crippen LogP contribution is -2.00. The van der Waals surface area contributed by atoms with Crippen LogP contribution in [0.1, 0.15) is 0 Å². The molecule has 0 unspecified atom stereocenters.